The number of aromatic hydroxyl groups is 1. The second-order valence-corrected chi connectivity index (χ2v) is 8.77. The topological polar surface area (TPSA) is 44.6 Å². The summed E-state index contributed by atoms with van der Waals surface area (Å²) in [5.41, 5.74) is 6.43. The van der Waals surface area contributed by atoms with Gasteiger partial charge in [0, 0.05) is 16.1 Å². The highest BCUT2D eigenvalue weighted by atomic mass is 35.5. The van der Waals surface area contributed by atoms with Crippen molar-refractivity contribution in [2.75, 3.05) is 5.43 Å². The van der Waals surface area contributed by atoms with Crippen molar-refractivity contribution in [3.05, 3.63) is 58.1 Å². The molecule has 0 aliphatic carbocycles. The smallest absolute Gasteiger partial charge is 0.128 e. The summed E-state index contributed by atoms with van der Waals surface area (Å²) in [6.07, 6.45) is 1.66. The van der Waals surface area contributed by atoms with Gasteiger partial charge in [-0.3, -0.25) is 5.43 Å². The van der Waals surface area contributed by atoms with Crippen LogP contribution in [0.1, 0.15) is 58.2 Å². The second-order valence-electron chi connectivity index (χ2n) is 8.34. The maximum Gasteiger partial charge on any atom is 0.128 e. The van der Waals surface area contributed by atoms with E-state index in [0.717, 1.165) is 11.3 Å². The number of nitrogens with one attached hydrogen (secondary N) is 1. The summed E-state index contributed by atoms with van der Waals surface area (Å²) in [6.45, 7) is 12.8. The molecule has 2 rings (SSSR count). The molecule has 0 amide bonds. The van der Waals surface area contributed by atoms with Crippen molar-refractivity contribution in [3.63, 3.8) is 0 Å². The fourth-order valence-electron chi connectivity index (χ4n) is 2.46. The van der Waals surface area contributed by atoms with Gasteiger partial charge in [0.1, 0.15) is 5.75 Å². The van der Waals surface area contributed by atoms with Crippen LogP contribution in [0.3, 0.4) is 0 Å². The van der Waals surface area contributed by atoms with E-state index in [1.165, 1.54) is 5.56 Å². The summed E-state index contributed by atoms with van der Waals surface area (Å²) in [5.74, 6) is 0.280. The largest absolute Gasteiger partial charge is 0.507 e. The van der Waals surface area contributed by atoms with E-state index in [4.69, 9.17) is 11.6 Å². The van der Waals surface area contributed by atoms with Crippen LogP contribution in [-0.4, -0.2) is 11.3 Å². The van der Waals surface area contributed by atoms with Gasteiger partial charge in [0.25, 0.3) is 0 Å². The molecule has 0 saturated heterocycles. The SMILES string of the molecule is CC(C)(C)c1cc(C=NNc2ccc(Cl)cc2)c(O)c(C(C)(C)C)c1. The van der Waals surface area contributed by atoms with Crippen LogP contribution in [0, 0.1) is 0 Å². The Kier molecular flexibility index (Phi) is 5.48. The van der Waals surface area contributed by atoms with Gasteiger partial charge in [0.2, 0.25) is 0 Å². The number of hydrogen-bond acceptors (Lipinski definition) is 3. The maximum atomic E-state index is 10.7. The first kappa shape index (κ1) is 19.3. The van der Waals surface area contributed by atoms with Crippen LogP contribution in [0.2, 0.25) is 5.02 Å². The van der Waals surface area contributed by atoms with Gasteiger partial charge in [-0.2, -0.15) is 5.10 Å². The van der Waals surface area contributed by atoms with E-state index in [2.05, 4.69) is 58.1 Å². The standard InChI is InChI=1S/C21H27ClN2O/c1-20(2,3)15-11-14(19(25)18(12-15)21(4,5)6)13-23-24-17-9-7-16(22)8-10-17/h7-13,24-25H,1-6H3. The summed E-state index contributed by atoms with van der Waals surface area (Å²) >= 11 is 5.88. The molecule has 0 aliphatic heterocycles. The lowest BCUT2D eigenvalue weighted by Crippen LogP contribution is -2.17. The molecule has 25 heavy (non-hydrogen) atoms. The highest BCUT2D eigenvalue weighted by Gasteiger charge is 2.24. The third kappa shape index (κ3) is 4.99. The zero-order valence-corrected chi connectivity index (χ0v) is 16.6. The van der Waals surface area contributed by atoms with Crippen molar-refractivity contribution in [2.24, 2.45) is 5.10 Å². The van der Waals surface area contributed by atoms with Crippen LogP contribution in [0.25, 0.3) is 0 Å². The molecule has 0 spiro atoms. The number of nitrogens with zero attached hydrogens (tertiary/aromatic N) is 1. The minimum absolute atomic E-state index is 0.0140. The first-order chi connectivity index (χ1) is 11.5. The van der Waals surface area contributed by atoms with E-state index in [9.17, 15) is 5.11 Å². The molecule has 3 nitrogen and oxygen atoms in total. The van der Waals surface area contributed by atoms with E-state index in [-0.39, 0.29) is 16.6 Å². The molecule has 0 unspecified atom stereocenters. The monoisotopic (exact) mass is 358 g/mol. The number of rotatable bonds is 3. The Morgan fingerprint density at radius 3 is 2.08 bits per heavy atom. The molecule has 0 radical (unpaired) electrons. The quantitative estimate of drug-likeness (QED) is 0.515. The molecule has 0 aliphatic rings. The lowest BCUT2D eigenvalue weighted by molar-refractivity contribution is 0.444. The highest BCUT2D eigenvalue weighted by Crippen LogP contribution is 2.37. The van der Waals surface area contributed by atoms with Crippen LogP contribution >= 0.6 is 11.6 Å². The van der Waals surface area contributed by atoms with E-state index in [1.54, 1.807) is 18.3 Å². The molecule has 0 atom stereocenters. The van der Waals surface area contributed by atoms with Gasteiger partial charge in [-0.15, -0.1) is 0 Å². The Hall–Kier alpha value is -2.00. The third-order valence-corrected chi connectivity index (χ3v) is 4.31. The molecular formula is C21H27ClN2O. The predicted molar refractivity (Wildman–Crippen MR) is 108 cm³/mol. The zero-order valence-electron chi connectivity index (χ0n) is 15.8. The fourth-order valence-corrected chi connectivity index (χ4v) is 2.59. The van der Waals surface area contributed by atoms with E-state index < -0.39 is 0 Å². The minimum atomic E-state index is -0.155. The van der Waals surface area contributed by atoms with Crippen molar-refractivity contribution in [2.45, 2.75) is 52.4 Å². The number of halogens is 1. The lowest BCUT2D eigenvalue weighted by Gasteiger charge is -2.26. The molecule has 2 aromatic carbocycles. The highest BCUT2D eigenvalue weighted by molar-refractivity contribution is 6.30. The van der Waals surface area contributed by atoms with E-state index >= 15 is 0 Å². The van der Waals surface area contributed by atoms with Gasteiger partial charge in [0.05, 0.1) is 11.9 Å². The summed E-state index contributed by atoms with van der Waals surface area (Å²) in [4.78, 5) is 0. The van der Waals surface area contributed by atoms with Gasteiger partial charge in [-0.25, -0.2) is 0 Å². The molecule has 0 aromatic heterocycles. The Balaban J connectivity index is 2.38. The summed E-state index contributed by atoms with van der Waals surface area (Å²) < 4.78 is 0. The molecular weight excluding hydrogens is 332 g/mol. The van der Waals surface area contributed by atoms with Crippen LogP contribution < -0.4 is 5.43 Å². The number of phenols is 1. The number of hydrazone groups is 1. The minimum Gasteiger partial charge on any atom is -0.507 e. The van der Waals surface area contributed by atoms with Crippen molar-refractivity contribution in [3.8, 4) is 5.75 Å². The summed E-state index contributed by atoms with van der Waals surface area (Å²) in [6, 6.07) is 11.4. The number of phenolic OH excluding ortho intramolecular Hbond substituents is 1. The molecule has 134 valence electrons. The first-order valence-corrected chi connectivity index (χ1v) is 8.79. The average Bonchev–Trinajstić information content (AvgIpc) is 2.48. The molecule has 0 bridgehead atoms. The van der Waals surface area contributed by atoms with Crippen molar-refractivity contribution in [1.29, 1.82) is 0 Å². The summed E-state index contributed by atoms with van der Waals surface area (Å²) in [5, 5.41) is 15.7. The fraction of sp³-hybridized carbons (Fsp3) is 0.381. The number of benzene rings is 2. The first-order valence-electron chi connectivity index (χ1n) is 8.41. The van der Waals surface area contributed by atoms with E-state index in [0.29, 0.717) is 10.6 Å². The van der Waals surface area contributed by atoms with Crippen LogP contribution in [0.5, 0.6) is 5.75 Å². The molecule has 4 heteroatoms. The average molecular weight is 359 g/mol. The normalized spacial score (nSPS) is 12.6. The Morgan fingerprint density at radius 1 is 0.960 bits per heavy atom. The van der Waals surface area contributed by atoms with Crippen LogP contribution in [0.15, 0.2) is 41.5 Å². The second kappa shape index (κ2) is 7.09. The van der Waals surface area contributed by atoms with Crippen molar-refractivity contribution < 1.29 is 5.11 Å². The lowest BCUT2D eigenvalue weighted by atomic mass is 9.79. The summed E-state index contributed by atoms with van der Waals surface area (Å²) in [7, 11) is 0. The molecule has 2 N–H and O–H groups in total. The third-order valence-electron chi connectivity index (χ3n) is 4.05. The van der Waals surface area contributed by atoms with Gasteiger partial charge in [0.15, 0.2) is 0 Å². The van der Waals surface area contributed by atoms with E-state index in [1.807, 2.05) is 18.2 Å². The molecule has 0 fully saturated rings. The van der Waals surface area contributed by atoms with Gasteiger partial charge >= 0.3 is 0 Å². The van der Waals surface area contributed by atoms with Gasteiger partial charge < -0.3 is 5.11 Å². The Morgan fingerprint density at radius 2 is 1.56 bits per heavy atom. The Bertz CT molecular complexity index is 766. The van der Waals surface area contributed by atoms with Crippen molar-refractivity contribution in [1.82, 2.24) is 0 Å². The van der Waals surface area contributed by atoms with Gasteiger partial charge in [-0.1, -0.05) is 59.2 Å². The van der Waals surface area contributed by atoms with Crippen LogP contribution in [0.4, 0.5) is 5.69 Å². The zero-order chi connectivity index (χ0) is 18.8. The molecule has 0 heterocycles. The number of hydrogen-bond donors (Lipinski definition) is 2. The predicted octanol–water partition coefficient (Wildman–Crippen LogP) is 6.09. The number of anilines is 1. The van der Waals surface area contributed by atoms with Crippen molar-refractivity contribution >= 4 is 23.5 Å². The van der Waals surface area contributed by atoms with Crippen LogP contribution in [-0.2, 0) is 10.8 Å². The molecule has 2 aromatic rings. The maximum absolute atomic E-state index is 10.7. The van der Waals surface area contributed by atoms with Gasteiger partial charge in [-0.05, 0) is 46.7 Å². The Labute approximate surface area is 155 Å². The molecule has 0 saturated carbocycles.